The van der Waals surface area contributed by atoms with E-state index in [4.69, 9.17) is 9.84 Å². The molecule has 1 saturated heterocycles. The lowest BCUT2D eigenvalue weighted by Gasteiger charge is -2.33. The van der Waals surface area contributed by atoms with Crippen LogP contribution in [-0.2, 0) is 11.8 Å². The summed E-state index contributed by atoms with van der Waals surface area (Å²) in [5.41, 5.74) is 2.74. The van der Waals surface area contributed by atoms with Gasteiger partial charge < -0.3 is 15.0 Å². The zero-order valence-corrected chi connectivity index (χ0v) is 18.7. The lowest BCUT2D eigenvalue weighted by Crippen LogP contribution is -2.44. The molecule has 3 aromatic heterocycles. The van der Waals surface area contributed by atoms with Gasteiger partial charge in [0.05, 0.1) is 15.9 Å². The van der Waals surface area contributed by atoms with Crippen molar-refractivity contribution in [1.82, 2.24) is 24.9 Å². The minimum absolute atomic E-state index is 0.231. The van der Waals surface area contributed by atoms with E-state index in [1.54, 1.807) is 16.2 Å². The molecule has 1 aliphatic heterocycles. The van der Waals surface area contributed by atoms with Gasteiger partial charge in [-0.1, -0.05) is 0 Å². The molecule has 1 N–H and O–H groups in total. The highest BCUT2D eigenvalue weighted by molar-refractivity contribution is 7.26. The van der Waals surface area contributed by atoms with E-state index in [0.717, 1.165) is 50.4 Å². The number of aromatic nitrogens is 4. The van der Waals surface area contributed by atoms with E-state index in [9.17, 15) is 4.79 Å². The summed E-state index contributed by atoms with van der Waals surface area (Å²) < 4.78 is 8.53. The van der Waals surface area contributed by atoms with Crippen molar-refractivity contribution in [2.24, 2.45) is 7.05 Å². The molecule has 156 valence electrons. The molecule has 1 aliphatic rings. The minimum atomic E-state index is -0.466. The number of likely N-dealkylation sites (tertiary alicyclic amines) is 1. The van der Waals surface area contributed by atoms with Crippen molar-refractivity contribution >= 4 is 43.7 Å². The standard InChI is InChI=1S/C20H28N6O2S/c1-11-12(2)22-23-18-14(11)15-16(29-18)17(24-25(15)6)21-13-7-9-26(10-8-13)19(27)28-20(3,4)5/h13H,7-10H2,1-6H3,(H,21,24). The molecule has 0 spiro atoms. The number of ether oxygens (including phenoxy) is 1. The summed E-state index contributed by atoms with van der Waals surface area (Å²) in [7, 11) is 1.97. The predicted octanol–water partition coefficient (Wildman–Crippen LogP) is 4.01. The topological polar surface area (TPSA) is 85.2 Å². The molecule has 3 aromatic rings. The van der Waals surface area contributed by atoms with E-state index in [1.807, 2.05) is 39.4 Å². The quantitative estimate of drug-likeness (QED) is 0.679. The first-order chi connectivity index (χ1) is 13.6. The van der Waals surface area contributed by atoms with Crippen LogP contribution in [0.15, 0.2) is 0 Å². The van der Waals surface area contributed by atoms with Crippen molar-refractivity contribution in [3.05, 3.63) is 11.3 Å². The van der Waals surface area contributed by atoms with Crippen molar-refractivity contribution in [2.45, 2.75) is 59.1 Å². The zero-order valence-electron chi connectivity index (χ0n) is 17.9. The second-order valence-corrected chi connectivity index (χ2v) is 9.73. The number of thiophene rings is 1. The normalized spacial score (nSPS) is 16.0. The van der Waals surface area contributed by atoms with Gasteiger partial charge in [-0.2, -0.15) is 10.2 Å². The molecular formula is C20H28N6O2S. The molecule has 4 heterocycles. The Bertz CT molecular complexity index is 1070. The van der Waals surface area contributed by atoms with Crippen molar-refractivity contribution in [2.75, 3.05) is 18.4 Å². The van der Waals surface area contributed by atoms with Gasteiger partial charge in [-0.15, -0.1) is 16.4 Å². The summed E-state index contributed by atoms with van der Waals surface area (Å²) in [5.74, 6) is 0.887. The summed E-state index contributed by atoms with van der Waals surface area (Å²) in [4.78, 5) is 15.0. The monoisotopic (exact) mass is 416 g/mol. The van der Waals surface area contributed by atoms with E-state index in [2.05, 4.69) is 22.4 Å². The van der Waals surface area contributed by atoms with Gasteiger partial charge in [-0.05, 0) is 53.0 Å². The van der Waals surface area contributed by atoms with Gasteiger partial charge >= 0.3 is 6.09 Å². The number of carbonyl (C=O) groups excluding carboxylic acids is 1. The fraction of sp³-hybridized carbons (Fsp3) is 0.600. The number of fused-ring (bicyclic) bond motifs is 3. The third-order valence-electron chi connectivity index (χ3n) is 5.35. The second-order valence-electron chi connectivity index (χ2n) is 8.73. The van der Waals surface area contributed by atoms with E-state index >= 15 is 0 Å². The molecular weight excluding hydrogens is 388 g/mol. The van der Waals surface area contributed by atoms with E-state index < -0.39 is 5.60 Å². The number of nitrogens with zero attached hydrogens (tertiary/aromatic N) is 5. The lowest BCUT2D eigenvalue weighted by molar-refractivity contribution is 0.0210. The summed E-state index contributed by atoms with van der Waals surface area (Å²) >= 11 is 1.63. The smallest absolute Gasteiger partial charge is 0.410 e. The maximum absolute atomic E-state index is 12.3. The van der Waals surface area contributed by atoms with E-state index in [0.29, 0.717) is 13.1 Å². The van der Waals surface area contributed by atoms with Crippen LogP contribution in [0.25, 0.3) is 20.4 Å². The van der Waals surface area contributed by atoms with Crippen LogP contribution in [-0.4, -0.2) is 55.7 Å². The van der Waals surface area contributed by atoms with Crippen molar-refractivity contribution in [3.8, 4) is 0 Å². The molecule has 0 aromatic carbocycles. The highest BCUT2D eigenvalue weighted by Crippen LogP contribution is 2.39. The van der Waals surface area contributed by atoms with Crippen LogP contribution in [0.4, 0.5) is 10.6 Å². The van der Waals surface area contributed by atoms with Gasteiger partial charge in [0, 0.05) is 31.6 Å². The Morgan fingerprint density at radius 1 is 1.21 bits per heavy atom. The SMILES string of the molecule is Cc1nnc2sc3c(NC4CCN(C(=O)OC(C)(C)C)CC4)nn(C)c3c2c1C. The van der Waals surface area contributed by atoms with E-state index in [-0.39, 0.29) is 12.1 Å². The van der Waals surface area contributed by atoms with Crippen LogP contribution in [0.3, 0.4) is 0 Å². The maximum Gasteiger partial charge on any atom is 0.410 e. The number of amides is 1. The Labute approximate surface area is 174 Å². The third-order valence-corrected chi connectivity index (χ3v) is 6.42. The summed E-state index contributed by atoms with van der Waals surface area (Å²) in [6.45, 7) is 11.1. The molecule has 0 unspecified atom stereocenters. The number of hydrogen-bond acceptors (Lipinski definition) is 7. The molecule has 29 heavy (non-hydrogen) atoms. The van der Waals surface area contributed by atoms with Gasteiger partial charge in [0.1, 0.15) is 10.4 Å². The Morgan fingerprint density at radius 3 is 2.55 bits per heavy atom. The first kappa shape index (κ1) is 19.9. The predicted molar refractivity (Wildman–Crippen MR) is 116 cm³/mol. The molecule has 4 rings (SSSR count). The van der Waals surface area contributed by atoms with Crippen LogP contribution >= 0.6 is 11.3 Å². The Hall–Kier alpha value is -2.42. The number of aryl methyl sites for hydroxylation is 3. The van der Waals surface area contributed by atoms with E-state index in [1.165, 1.54) is 0 Å². The van der Waals surface area contributed by atoms with Crippen molar-refractivity contribution in [3.63, 3.8) is 0 Å². The van der Waals surface area contributed by atoms with Crippen LogP contribution in [0.5, 0.6) is 0 Å². The van der Waals surface area contributed by atoms with Crippen LogP contribution in [0.1, 0.15) is 44.9 Å². The molecule has 1 fully saturated rings. The highest BCUT2D eigenvalue weighted by atomic mass is 32.1. The molecule has 0 saturated carbocycles. The van der Waals surface area contributed by atoms with Gasteiger partial charge in [0.15, 0.2) is 5.82 Å². The van der Waals surface area contributed by atoms with Gasteiger partial charge in [-0.25, -0.2) is 4.79 Å². The summed E-state index contributed by atoms with van der Waals surface area (Å²) in [6, 6.07) is 0.269. The molecule has 0 radical (unpaired) electrons. The fourth-order valence-corrected chi connectivity index (χ4v) is 4.88. The van der Waals surface area contributed by atoms with Crippen LogP contribution < -0.4 is 5.32 Å². The van der Waals surface area contributed by atoms with Crippen LogP contribution in [0, 0.1) is 13.8 Å². The third kappa shape index (κ3) is 3.75. The van der Waals surface area contributed by atoms with Gasteiger partial charge in [-0.3, -0.25) is 4.68 Å². The first-order valence-corrected chi connectivity index (χ1v) is 10.8. The molecule has 1 amide bonds. The largest absolute Gasteiger partial charge is 0.444 e. The van der Waals surface area contributed by atoms with Crippen LogP contribution in [0.2, 0.25) is 0 Å². The fourth-order valence-electron chi connectivity index (χ4n) is 3.73. The number of nitrogens with one attached hydrogen (secondary N) is 1. The molecule has 0 bridgehead atoms. The Kier molecular flexibility index (Phi) is 4.88. The number of rotatable bonds is 2. The number of hydrogen-bond donors (Lipinski definition) is 1. The summed E-state index contributed by atoms with van der Waals surface area (Å²) in [5, 5.41) is 18.1. The average Bonchev–Trinajstić information content (AvgIpc) is 3.16. The minimum Gasteiger partial charge on any atom is -0.444 e. The molecule has 9 heteroatoms. The highest BCUT2D eigenvalue weighted by Gasteiger charge is 2.28. The molecule has 0 atom stereocenters. The number of anilines is 1. The number of piperidine rings is 1. The van der Waals surface area contributed by atoms with Gasteiger partial charge in [0.25, 0.3) is 0 Å². The second kappa shape index (κ2) is 7.12. The maximum atomic E-state index is 12.3. The van der Waals surface area contributed by atoms with Crippen molar-refractivity contribution < 1.29 is 9.53 Å². The molecule has 0 aliphatic carbocycles. The number of carbonyl (C=O) groups is 1. The lowest BCUT2D eigenvalue weighted by atomic mass is 10.1. The first-order valence-electron chi connectivity index (χ1n) is 9.97. The Morgan fingerprint density at radius 2 is 1.90 bits per heavy atom. The van der Waals surface area contributed by atoms with Gasteiger partial charge in [0.2, 0.25) is 0 Å². The van der Waals surface area contributed by atoms with Crippen molar-refractivity contribution in [1.29, 1.82) is 0 Å². The Balaban J connectivity index is 1.51. The average molecular weight is 417 g/mol. The molecule has 8 nitrogen and oxygen atoms in total. The zero-order chi connectivity index (χ0) is 20.9. The summed E-state index contributed by atoms with van der Waals surface area (Å²) in [6.07, 6.45) is 1.49.